The molecule has 2 fully saturated rings. The van der Waals surface area contributed by atoms with Crippen LogP contribution in [0.1, 0.15) is 97.3 Å². The summed E-state index contributed by atoms with van der Waals surface area (Å²) in [5.41, 5.74) is 1.76. The molecule has 0 radical (unpaired) electrons. The molecule has 5 rings (SSSR count). The Kier molecular flexibility index (Phi) is 7.97. The van der Waals surface area contributed by atoms with Crippen LogP contribution in [0.4, 0.5) is 22.0 Å². The van der Waals surface area contributed by atoms with Crippen molar-refractivity contribution in [2.24, 2.45) is 11.8 Å². The van der Waals surface area contributed by atoms with Gasteiger partial charge in [-0.1, -0.05) is 5.16 Å². The number of halogens is 5. The van der Waals surface area contributed by atoms with Crippen molar-refractivity contribution in [3.05, 3.63) is 41.1 Å². The van der Waals surface area contributed by atoms with Gasteiger partial charge < -0.3 is 10.6 Å². The molecule has 0 unspecified atom stereocenters. The standard InChI is InChI=1S/C26H30F5N7O3/c1-14-21(37-41-36-14)24(40)35-23(16-6-9-25(27,28)10-7-16)18-13-38-19(33-18)11-17(12-32-38)22(15-4-5-15)34-20(39)3-2-8-26(29,30)31/h11-13,15-16,22-23H,2-10H2,1H3,(H,34,39)(H,35,40)/t22-,23+/m1/s1. The molecule has 2 amide bonds. The third kappa shape index (κ3) is 7.17. The molecular weight excluding hydrogens is 553 g/mol. The number of imidazole rings is 1. The van der Waals surface area contributed by atoms with Crippen molar-refractivity contribution < 1.29 is 36.2 Å². The Labute approximate surface area is 231 Å². The summed E-state index contributed by atoms with van der Waals surface area (Å²) >= 11 is 0. The lowest BCUT2D eigenvalue weighted by Crippen LogP contribution is -2.37. The number of nitrogens with zero attached hydrogens (tertiary/aromatic N) is 5. The highest BCUT2D eigenvalue weighted by molar-refractivity contribution is 5.93. The van der Waals surface area contributed by atoms with Crippen molar-refractivity contribution in [1.29, 1.82) is 0 Å². The van der Waals surface area contributed by atoms with E-state index >= 15 is 0 Å². The van der Waals surface area contributed by atoms with E-state index in [0.717, 1.165) is 12.8 Å². The van der Waals surface area contributed by atoms with Crippen LogP contribution in [0.2, 0.25) is 0 Å². The summed E-state index contributed by atoms with van der Waals surface area (Å²) < 4.78 is 71.4. The molecule has 41 heavy (non-hydrogen) atoms. The molecule has 2 N–H and O–H groups in total. The molecule has 2 aliphatic carbocycles. The Morgan fingerprint density at radius 2 is 1.80 bits per heavy atom. The van der Waals surface area contributed by atoms with Crippen LogP contribution in [0.15, 0.2) is 23.1 Å². The predicted octanol–water partition coefficient (Wildman–Crippen LogP) is 5.02. The maximum absolute atomic E-state index is 13.9. The first-order chi connectivity index (χ1) is 19.4. The van der Waals surface area contributed by atoms with Gasteiger partial charge in [0.15, 0.2) is 11.3 Å². The first kappa shape index (κ1) is 28.9. The van der Waals surface area contributed by atoms with Gasteiger partial charge in [0, 0.05) is 25.7 Å². The molecule has 0 bridgehead atoms. The number of hydrogen-bond acceptors (Lipinski definition) is 7. The molecule has 0 aliphatic heterocycles. The summed E-state index contributed by atoms with van der Waals surface area (Å²) in [5, 5.41) is 17.4. The third-order valence-corrected chi connectivity index (χ3v) is 7.70. The van der Waals surface area contributed by atoms with Gasteiger partial charge >= 0.3 is 6.18 Å². The lowest BCUT2D eigenvalue weighted by Gasteiger charge is -2.33. The smallest absolute Gasteiger partial charge is 0.349 e. The number of carbonyl (C=O) groups is 2. The average Bonchev–Trinajstić information content (AvgIpc) is 3.50. The molecule has 2 saturated carbocycles. The highest BCUT2D eigenvalue weighted by Gasteiger charge is 2.40. The average molecular weight is 584 g/mol. The summed E-state index contributed by atoms with van der Waals surface area (Å²) in [7, 11) is 0. The van der Waals surface area contributed by atoms with E-state index in [1.165, 1.54) is 4.52 Å². The summed E-state index contributed by atoms with van der Waals surface area (Å²) in [6, 6.07) is 0.590. The minimum atomic E-state index is -4.32. The number of hydrogen-bond donors (Lipinski definition) is 2. The van der Waals surface area contributed by atoms with Gasteiger partial charge in [-0.25, -0.2) is 22.9 Å². The first-order valence-electron chi connectivity index (χ1n) is 13.6. The zero-order valence-corrected chi connectivity index (χ0v) is 22.3. The van der Waals surface area contributed by atoms with Crippen LogP contribution >= 0.6 is 0 Å². The number of rotatable bonds is 10. The highest BCUT2D eigenvalue weighted by Crippen LogP contribution is 2.43. The van der Waals surface area contributed by atoms with Crippen molar-refractivity contribution in [2.75, 3.05) is 0 Å². The van der Waals surface area contributed by atoms with Crippen LogP contribution < -0.4 is 10.6 Å². The molecule has 10 nitrogen and oxygen atoms in total. The quantitative estimate of drug-likeness (QED) is 0.321. The summed E-state index contributed by atoms with van der Waals surface area (Å²) in [6.07, 6.45) is -1.26. The molecule has 15 heteroatoms. The van der Waals surface area contributed by atoms with Gasteiger partial charge in [0.25, 0.3) is 5.91 Å². The van der Waals surface area contributed by atoms with E-state index in [2.05, 4.69) is 35.7 Å². The molecule has 2 atom stereocenters. The SMILES string of the molecule is Cc1nonc1C(=O)N[C@H](c1cn2ncc([C@H](NC(=O)CCCC(F)(F)F)C3CC3)cc2n1)C1CCC(F)(F)CC1. The van der Waals surface area contributed by atoms with Crippen LogP contribution in [-0.4, -0.2) is 48.8 Å². The molecule has 3 heterocycles. The largest absolute Gasteiger partial charge is 0.389 e. The van der Waals surface area contributed by atoms with Gasteiger partial charge in [-0.2, -0.15) is 18.3 Å². The van der Waals surface area contributed by atoms with Crippen LogP contribution in [0.25, 0.3) is 5.65 Å². The van der Waals surface area contributed by atoms with E-state index in [9.17, 15) is 31.5 Å². The maximum atomic E-state index is 13.9. The number of aromatic nitrogens is 5. The van der Waals surface area contributed by atoms with Gasteiger partial charge in [-0.15, -0.1) is 0 Å². The lowest BCUT2D eigenvalue weighted by molar-refractivity contribution is -0.137. The fraction of sp³-hybridized carbons (Fsp3) is 0.615. The molecule has 3 aromatic rings. The Bertz CT molecular complexity index is 1390. The van der Waals surface area contributed by atoms with Crippen molar-refractivity contribution in [1.82, 2.24) is 35.5 Å². The van der Waals surface area contributed by atoms with Crippen LogP contribution in [0.5, 0.6) is 0 Å². The topological polar surface area (TPSA) is 127 Å². The van der Waals surface area contributed by atoms with Crippen LogP contribution in [0.3, 0.4) is 0 Å². The minimum Gasteiger partial charge on any atom is -0.349 e. The molecule has 3 aromatic heterocycles. The fourth-order valence-electron chi connectivity index (χ4n) is 5.30. The van der Waals surface area contributed by atoms with Crippen LogP contribution in [0, 0.1) is 18.8 Å². The number of fused-ring (bicyclic) bond motifs is 1. The zero-order chi connectivity index (χ0) is 29.4. The van der Waals surface area contributed by atoms with E-state index in [0.29, 0.717) is 16.9 Å². The Morgan fingerprint density at radius 1 is 1.10 bits per heavy atom. The Hall–Kier alpha value is -3.65. The maximum Gasteiger partial charge on any atom is 0.389 e. The second-order valence-corrected chi connectivity index (χ2v) is 11.0. The van der Waals surface area contributed by atoms with Gasteiger partial charge in [-0.05, 0) is 67.7 Å². The number of nitrogens with one attached hydrogen (secondary N) is 2. The molecule has 0 spiro atoms. The number of amides is 2. The third-order valence-electron chi connectivity index (χ3n) is 7.70. The Morgan fingerprint density at radius 3 is 2.44 bits per heavy atom. The summed E-state index contributed by atoms with van der Waals surface area (Å²) in [5.74, 6) is -3.99. The normalized spacial score (nSPS) is 19.2. The highest BCUT2D eigenvalue weighted by atomic mass is 19.4. The second kappa shape index (κ2) is 11.3. The van der Waals surface area contributed by atoms with E-state index in [-0.39, 0.29) is 61.7 Å². The van der Waals surface area contributed by atoms with Crippen molar-refractivity contribution in [2.45, 2.75) is 88.9 Å². The summed E-state index contributed by atoms with van der Waals surface area (Å²) in [4.78, 5) is 30.1. The van der Waals surface area contributed by atoms with Crippen molar-refractivity contribution >= 4 is 17.5 Å². The van der Waals surface area contributed by atoms with Gasteiger partial charge in [0.05, 0.1) is 30.2 Å². The van der Waals surface area contributed by atoms with E-state index in [1.54, 1.807) is 25.4 Å². The predicted molar refractivity (Wildman–Crippen MR) is 133 cm³/mol. The molecule has 0 saturated heterocycles. The molecule has 222 valence electrons. The van der Waals surface area contributed by atoms with E-state index < -0.39 is 42.4 Å². The minimum absolute atomic E-state index is 0.0152. The van der Waals surface area contributed by atoms with E-state index in [4.69, 9.17) is 0 Å². The fourth-order valence-corrected chi connectivity index (χ4v) is 5.30. The second-order valence-electron chi connectivity index (χ2n) is 11.0. The van der Waals surface area contributed by atoms with E-state index in [1.807, 2.05) is 0 Å². The van der Waals surface area contributed by atoms with Gasteiger partial charge in [0.1, 0.15) is 5.69 Å². The molecular formula is C26H30F5N7O3. The Balaban J connectivity index is 1.36. The van der Waals surface area contributed by atoms with Gasteiger partial charge in [-0.3, -0.25) is 9.59 Å². The van der Waals surface area contributed by atoms with Crippen molar-refractivity contribution in [3.63, 3.8) is 0 Å². The number of alkyl halides is 5. The van der Waals surface area contributed by atoms with Crippen molar-refractivity contribution in [3.8, 4) is 0 Å². The lowest BCUT2D eigenvalue weighted by atomic mass is 9.81. The molecule has 0 aromatic carbocycles. The zero-order valence-electron chi connectivity index (χ0n) is 22.3. The summed E-state index contributed by atoms with van der Waals surface area (Å²) in [6.45, 7) is 1.56. The van der Waals surface area contributed by atoms with Crippen LogP contribution in [-0.2, 0) is 4.79 Å². The first-order valence-corrected chi connectivity index (χ1v) is 13.6. The molecule has 2 aliphatic rings. The van der Waals surface area contributed by atoms with Gasteiger partial charge in [0.2, 0.25) is 11.8 Å². The monoisotopic (exact) mass is 583 g/mol. The number of carbonyl (C=O) groups excluding carboxylic acids is 2. The number of aryl methyl sites for hydroxylation is 1.